The molecule has 0 saturated carbocycles. The highest BCUT2D eigenvalue weighted by Gasteiger charge is 2.11. The van der Waals surface area contributed by atoms with E-state index in [0.717, 1.165) is 12.2 Å². The van der Waals surface area contributed by atoms with Crippen LogP contribution in [0.1, 0.15) is 19.5 Å². The van der Waals surface area contributed by atoms with E-state index in [-0.39, 0.29) is 12.5 Å². The molecule has 0 fully saturated rings. The monoisotopic (exact) mass is 255 g/mol. The Morgan fingerprint density at radius 3 is 2.76 bits per heavy atom. The van der Waals surface area contributed by atoms with Crippen molar-refractivity contribution < 1.29 is 4.79 Å². The van der Waals surface area contributed by atoms with Crippen LogP contribution < -0.4 is 5.73 Å². The molecule has 0 unspecified atom stereocenters. The molecule has 1 aromatic heterocycles. The number of aromatic nitrogens is 1. The molecule has 1 amide bonds. The SMILES string of the molecule is CC(C)CN(CC(N)=O)Cc1cccc(Cl)n1. The third-order valence-electron chi connectivity index (χ3n) is 2.16. The normalized spacial score (nSPS) is 11.1. The number of primary amides is 1. The zero-order valence-corrected chi connectivity index (χ0v) is 10.9. The molecule has 0 aliphatic heterocycles. The molecule has 17 heavy (non-hydrogen) atoms. The fourth-order valence-electron chi connectivity index (χ4n) is 1.69. The molecule has 0 bridgehead atoms. The average Bonchev–Trinajstić information content (AvgIpc) is 2.14. The number of nitrogens with two attached hydrogens (primary N) is 1. The zero-order chi connectivity index (χ0) is 12.8. The molecule has 0 spiro atoms. The van der Waals surface area contributed by atoms with Gasteiger partial charge in [0.05, 0.1) is 12.2 Å². The smallest absolute Gasteiger partial charge is 0.231 e. The molecule has 0 aromatic carbocycles. The highest BCUT2D eigenvalue weighted by Crippen LogP contribution is 2.09. The minimum Gasteiger partial charge on any atom is -0.369 e. The van der Waals surface area contributed by atoms with E-state index in [2.05, 4.69) is 18.8 Å². The number of hydrogen-bond donors (Lipinski definition) is 1. The molecule has 0 aliphatic rings. The van der Waals surface area contributed by atoms with Crippen molar-refractivity contribution in [3.05, 3.63) is 29.0 Å². The number of halogens is 1. The van der Waals surface area contributed by atoms with Crippen LogP contribution in [0.5, 0.6) is 0 Å². The predicted octanol–water partition coefficient (Wildman–Crippen LogP) is 1.68. The maximum atomic E-state index is 11.0. The van der Waals surface area contributed by atoms with Crippen LogP contribution in [0.2, 0.25) is 5.15 Å². The predicted molar refractivity (Wildman–Crippen MR) is 68.6 cm³/mol. The number of pyridine rings is 1. The lowest BCUT2D eigenvalue weighted by atomic mass is 10.2. The fourth-order valence-corrected chi connectivity index (χ4v) is 1.87. The van der Waals surface area contributed by atoms with E-state index >= 15 is 0 Å². The Kier molecular flexibility index (Phi) is 5.38. The summed E-state index contributed by atoms with van der Waals surface area (Å²) in [6.07, 6.45) is 0. The van der Waals surface area contributed by atoms with Gasteiger partial charge in [-0.15, -0.1) is 0 Å². The van der Waals surface area contributed by atoms with Gasteiger partial charge in [-0.05, 0) is 18.1 Å². The van der Waals surface area contributed by atoms with Crippen molar-refractivity contribution in [1.82, 2.24) is 9.88 Å². The van der Waals surface area contributed by atoms with E-state index in [0.29, 0.717) is 17.6 Å². The van der Waals surface area contributed by atoms with Gasteiger partial charge in [-0.3, -0.25) is 9.69 Å². The van der Waals surface area contributed by atoms with Crippen molar-refractivity contribution >= 4 is 17.5 Å². The van der Waals surface area contributed by atoms with Crippen LogP contribution >= 0.6 is 11.6 Å². The molecule has 0 aliphatic carbocycles. The van der Waals surface area contributed by atoms with Crippen molar-refractivity contribution in [3.63, 3.8) is 0 Å². The third kappa shape index (κ3) is 5.65. The lowest BCUT2D eigenvalue weighted by Gasteiger charge is -2.22. The Bertz CT molecular complexity index is 382. The molecule has 2 N–H and O–H groups in total. The molecule has 5 heteroatoms. The Hall–Kier alpha value is -1.13. The van der Waals surface area contributed by atoms with E-state index in [9.17, 15) is 4.79 Å². The van der Waals surface area contributed by atoms with Gasteiger partial charge >= 0.3 is 0 Å². The lowest BCUT2D eigenvalue weighted by molar-refractivity contribution is -0.119. The molecule has 1 aromatic rings. The summed E-state index contributed by atoms with van der Waals surface area (Å²) in [5.74, 6) is 0.140. The average molecular weight is 256 g/mol. The Morgan fingerprint density at radius 2 is 2.24 bits per heavy atom. The van der Waals surface area contributed by atoms with Crippen molar-refractivity contribution in [3.8, 4) is 0 Å². The summed E-state index contributed by atoms with van der Waals surface area (Å²) in [7, 11) is 0. The second-order valence-corrected chi connectivity index (χ2v) is 4.87. The number of amides is 1. The van der Waals surface area contributed by atoms with Crippen molar-refractivity contribution in [1.29, 1.82) is 0 Å². The van der Waals surface area contributed by atoms with Crippen LogP contribution in [0, 0.1) is 5.92 Å². The third-order valence-corrected chi connectivity index (χ3v) is 2.37. The summed E-state index contributed by atoms with van der Waals surface area (Å²) in [5, 5.41) is 0.464. The van der Waals surface area contributed by atoms with Gasteiger partial charge < -0.3 is 5.73 Å². The second-order valence-electron chi connectivity index (χ2n) is 4.48. The number of rotatable bonds is 6. The van der Waals surface area contributed by atoms with E-state index in [1.54, 1.807) is 6.07 Å². The van der Waals surface area contributed by atoms with Crippen LogP contribution in [0.3, 0.4) is 0 Å². The number of hydrogen-bond acceptors (Lipinski definition) is 3. The zero-order valence-electron chi connectivity index (χ0n) is 10.2. The Balaban J connectivity index is 2.67. The van der Waals surface area contributed by atoms with Crippen LogP contribution in [0.4, 0.5) is 0 Å². The van der Waals surface area contributed by atoms with Crippen LogP contribution in [-0.4, -0.2) is 28.9 Å². The molecular weight excluding hydrogens is 238 g/mol. The maximum Gasteiger partial charge on any atom is 0.231 e. The first-order chi connectivity index (χ1) is 7.97. The molecule has 4 nitrogen and oxygen atoms in total. The largest absolute Gasteiger partial charge is 0.369 e. The molecule has 1 rings (SSSR count). The summed E-state index contributed by atoms with van der Waals surface area (Å²) >= 11 is 5.82. The van der Waals surface area contributed by atoms with Crippen molar-refractivity contribution in [2.75, 3.05) is 13.1 Å². The molecule has 0 radical (unpaired) electrons. The van der Waals surface area contributed by atoms with Gasteiger partial charge in [0.2, 0.25) is 5.91 Å². The second kappa shape index (κ2) is 6.57. The standard InChI is InChI=1S/C12H18ClN3O/c1-9(2)6-16(8-12(14)17)7-10-4-3-5-11(13)15-10/h3-5,9H,6-8H2,1-2H3,(H2,14,17). The number of carbonyl (C=O) groups excluding carboxylic acids is 1. The van der Waals surface area contributed by atoms with E-state index in [4.69, 9.17) is 17.3 Å². The van der Waals surface area contributed by atoms with Gasteiger partial charge in [-0.1, -0.05) is 31.5 Å². The van der Waals surface area contributed by atoms with Crippen LogP contribution in [0.15, 0.2) is 18.2 Å². The Labute approximate surface area is 107 Å². The van der Waals surface area contributed by atoms with E-state index < -0.39 is 0 Å². The molecule has 94 valence electrons. The number of nitrogens with zero attached hydrogens (tertiary/aromatic N) is 2. The van der Waals surface area contributed by atoms with E-state index in [1.807, 2.05) is 17.0 Å². The summed E-state index contributed by atoms with van der Waals surface area (Å²) in [6.45, 7) is 5.82. The minimum absolute atomic E-state index is 0.242. The highest BCUT2D eigenvalue weighted by molar-refractivity contribution is 6.29. The van der Waals surface area contributed by atoms with Gasteiger partial charge in [0.1, 0.15) is 5.15 Å². The minimum atomic E-state index is -0.326. The Morgan fingerprint density at radius 1 is 1.53 bits per heavy atom. The van der Waals surface area contributed by atoms with Crippen LogP contribution in [0.25, 0.3) is 0 Å². The van der Waals surface area contributed by atoms with Crippen molar-refractivity contribution in [2.45, 2.75) is 20.4 Å². The summed E-state index contributed by atoms with van der Waals surface area (Å²) in [6, 6.07) is 5.47. The van der Waals surface area contributed by atoms with Gasteiger partial charge in [-0.2, -0.15) is 0 Å². The first kappa shape index (κ1) is 13.9. The van der Waals surface area contributed by atoms with E-state index in [1.165, 1.54) is 0 Å². The molecule has 0 saturated heterocycles. The molecular formula is C12H18ClN3O. The summed E-state index contributed by atoms with van der Waals surface area (Å²) < 4.78 is 0. The summed E-state index contributed by atoms with van der Waals surface area (Å²) in [4.78, 5) is 17.2. The van der Waals surface area contributed by atoms with Gasteiger partial charge in [0.15, 0.2) is 0 Å². The van der Waals surface area contributed by atoms with Gasteiger partial charge in [0.25, 0.3) is 0 Å². The first-order valence-corrected chi connectivity index (χ1v) is 5.97. The highest BCUT2D eigenvalue weighted by atomic mass is 35.5. The van der Waals surface area contributed by atoms with Crippen LogP contribution in [-0.2, 0) is 11.3 Å². The van der Waals surface area contributed by atoms with Gasteiger partial charge in [0, 0.05) is 13.1 Å². The van der Waals surface area contributed by atoms with Crippen molar-refractivity contribution in [2.24, 2.45) is 11.7 Å². The maximum absolute atomic E-state index is 11.0. The molecule has 0 atom stereocenters. The number of carbonyl (C=O) groups is 1. The summed E-state index contributed by atoms with van der Waals surface area (Å²) in [5.41, 5.74) is 6.07. The first-order valence-electron chi connectivity index (χ1n) is 5.59. The van der Waals surface area contributed by atoms with Gasteiger partial charge in [-0.25, -0.2) is 4.98 Å². The quantitative estimate of drug-likeness (QED) is 0.787. The lowest BCUT2D eigenvalue weighted by Crippen LogP contribution is -2.36. The molecule has 1 heterocycles. The fraction of sp³-hybridized carbons (Fsp3) is 0.500. The topological polar surface area (TPSA) is 59.2 Å².